The van der Waals surface area contributed by atoms with Crippen molar-refractivity contribution in [2.45, 2.75) is 33.2 Å². The first-order chi connectivity index (χ1) is 10.0. The van der Waals surface area contributed by atoms with Crippen molar-refractivity contribution in [2.24, 2.45) is 11.8 Å². The van der Waals surface area contributed by atoms with Gasteiger partial charge in [-0.25, -0.2) is 8.78 Å². The highest BCUT2D eigenvalue weighted by Crippen LogP contribution is 2.19. The summed E-state index contributed by atoms with van der Waals surface area (Å²) < 4.78 is 26.9. The van der Waals surface area contributed by atoms with Crippen molar-refractivity contribution in [1.82, 2.24) is 10.2 Å². The van der Waals surface area contributed by atoms with Gasteiger partial charge in [0.1, 0.15) is 11.6 Å². The lowest BCUT2D eigenvalue weighted by atomic mass is 9.97. The summed E-state index contributed by atoms with van der Waals surface area (Å²) in [6, 6.07) is 3.71. The fraction of sp³-hybridized carbons (Fsp3) is 0.647. The number of piperidine rings is 1. The molecule has 0 aliphatic carbocycles. The number of halogens is 2. The van der Waals surface area contributed by atoms with E-state index in [1.165, 1.54) is 24.6 Å². The van der Waals surface area contributed by atoms with E-state index in [9.17, 15) is 8.78 Å². The smallest absolute Gasteiger partial charge is 0.127 e. The molecule has 1 aromatic rings. The quantitative estimate of drug-likeness (QED) is 0.865. The maximum atomic E-state index is 13.7. The molecule has 1 aliphatic rings. The van der Waals surface area contributed by atoms with E-state index in [4.69, 9.17) is 0 Å². The van der Waals surface area contributed by atoms with Gasteiger partial charge in [-0.1, -0.05) is 13.8 Å². The predicted molar refractivity (Wildman–Crippen MR) is 82.1 cm³/mol. The number of hydrogen-bond acceptors (Lipinski definition) is 2. The van der Waals surface area contributed by atoms with Gasteiger partial charge in [-0.3, -0.25) is 4.90 Å². The van der Waals surface area contributed by atoms with Crippen LogP contribution in [0.15, 0.2) is 18.2 Å². The molecule has 1 heterocycles. The molecular formula is C17H26F2N2. The van der Waals surface area contributed by atoms with Crippen LogP contribution < -0.4 is 5.32 Å². The second-order valence-electron chi connectivity index (χ2n) is 6.53. The Kier molecular flexibility index (Phi) is 6.12. The van der Waals surface area contributed by atoms with E-state index in [2.05, 4.69) is 24.1 Å². The first-order valence-corrected chi connectivity index (χ1v) is 7.91. The number of hydrogen-bond donors (Lipinski definition) is 1. The summed E-state index contributed by atoms with van der Waals surface area (Å²) in [6.07, 6.45) is 2.35. The van der Waals surface area contributed by atoms with Gasteiger partial charge in [0.05, 0.1) is 0 Å². The van der Waals surface area contributed by atoms with Gasteiger partial charge in [0.2, 0.25) is 0 Å². The van der Waals surface area contributed by atoms with E-state index >= 15 is 0 Å². The summed E-state index contributed by atoms with van der Waals surface area (Å²) in [5, 5.41) is 3.50. The fourth-order valence-corrected chi connectivity index (χ4v) is 2.94. The van der Waals surface area contributed by atoms with E-state index in [1.54, 1.807) is 0 Å². The van der Waals surface area contributed by atoms with E-state index in [0.717, 1.165) is 32.6 Å². The van der Waals surface area contributed by atoms with Crippen LogP contribution in [-0.4, -0.2) is 31.1 Å². The van der Waals surface area contributed by atoms with Crippen molar-refractivity contribution in [3.63, 3.8) is 0 Å². The molecule has 0 amide bonds. The minimum Gasteiger partial charge on any atom is -0.316 e. The largest absolute Gasteiger partial charge is 0.316 e. The fourth-order valence-electron chi connectivity index (χ4n) is 2.94. The Bertz CT molecular complexity index is 448. The standard InChI is InChI=1S/C17H26F2N2/c1-13(2)9-20-10-14-4-3-7-21(11-14)12-15-8-16(18)5-6-17(15)19/h5-6,8,13-14,20H,3-4,7,9-12H2,1-2H3. The second kappa shape index (κ2) is 7.85. The van der Waals surface area contributed by atoms with Crippen LogP contribution in [0.2, 0.25) is 0 Å². The number of benzene rings is 1. The molecule has 1 atom stereocenters. The van der Waals surface area contributed by atoms with Crippen molar-refractivity contribution in [3.8, 4) is 0 Å². The van der Waals surface area contributed by atoms with Gasteiger partial charge >= 0.3 is 0 Å². The van der Waals surface area contributed by atoms with E-state index in [-0.39, 0.29) is 11.6 Å². The lowest BCUT2D eigenvalue weighted by molar-refractivity contribution is 0.163. The number of nitrogens with zero attached hydrogens (tertiary/aromatic N) is 1. The van der Waals surface area contributed by atoms with Crippen LogP contribution in [-0.2, 0) is 6.54 Å². The van der Waals surface area contributed by atoms with Gasteiger partial charge in [0.25, 0.3) is 0 Å². The highest BCUT2D eigenvalue weighted by atomic mass is 19.1. The highest BCUT2D eigenvalue weighted by Gasteiger charge is 2.20. The summed E-state index contributed by atoms with van der Waals surface area (Å²) in [4.78, 5) is 2.24. The molecule has 0 aromatic heterocycles. The Morgan fingerprint density at radius 1 is 1.33 bits per heavy atom. The zero-order valence-electron chi connectivity index (χ0n) is 13.0. The molecule has 2 rings (SSSR count). The molecule has 1 N–H and O–H groups in total. The van der Waals surface area contributed by atoms with Crippen LogP contribution in [0.5, 0.6) is 0 Å². The second-order valence-corrected chi connectivity index (χ2v) is 6.53. The first-order valence-electron chi connectivity index (χ1n) is 7.91. The van der Waals surface area contributed by atoms with Gasteiger partial charge in [-0.2, -0.15) is 0 Å². The molecule has 1 fully saturated rings. The van der Waals surface area contributed by atoms with Crippen LogP contribution in [0.3, 0.4) is 0 Å². The van der Waals surface area contributed by atoms with Crippen molar-refractivity contribution >= 4 is 0 Å². The number of rotatable bonds is 6. The van der Waals surface area contributed by atoms with E-state index in [1.807, 2.05) is 0 Å². The summed E-state index contributed by atoms with van der Waals surface area (Å²) in [5.41, 5.74) is 0.464. The van der Waals surface area contributed by atoms with Crippen LogP contribution >= 0.6 is 0 Å². The van der Waals surface area contributed by atoms with Gasteiger partial charge in [-0.05, 0) is 62.5 Å². The van der Waals surface area contributed by atoms with Crippen molar-refractivity contribution in [1.29, 1.82) is 0 Å². The molecule has 1 aromatic carbocycles. The average Bonchev–Trinajstić information content (AvgIpc) is 2.43. The molecule has 2 nitrogen and oxygen atoms in total. The maximum absolute atomic E-state index is 13.7. The predicted octanol–water partition coefficient (Wildman–Crippen LogP) is 3.42. The molecule has 1 saturated heterocycles. The molecule has 0 saturated carbocycles. The summed E-state index contributed by atoms with van der Waals surface area (Å²) >= 11 is 0. The lowest BCUT2D eigenvalue weighted by Gasteiger charge is -2.33. The van der Waals surface area contributed by atoms with Gasteiger partial charge in [0, 0.05) is 18.7 Å². The van der Waals surface area contributed by atoms with Gasteiger partial charge in [0.15, 0.2) is 0 Å². The van der Waals surface area contributed by atoms with Crippen molar-refractivity contribution in [2.75, 3.05) is 26.2 Å². The SMILES string of the molecule is CC(C)CNCC1CCCN(Cc2cc(F)ccc2F)C1. The van der Waals surface area contributed by atoms with Crippen LogP contribution in [0.25, 0.3) is 0 Å². The Balaban J connectivity index is 1.84. The molecule has 0 radical (unpaired) electrons. The lowest BCUT2D eigenvalue weighted by Crippen LogP contribution is -2.40. The molecule has 0 bridgehead atoms. The zero-order valence-corrected chi connectivity index (χ0v) is 13.0. The molecule has 118 valence electrons. The Morgan fingerprint density at radius 3 is 2.90 bits per heavy atom. The third kappa shape index (κ3) is 5.36. The van der Waals surface area contributed by atoms with E-state index < -0.39 is 0 Å². The van der Waals surface area contributed by atoms with Gasteiger partial charge in [-0.15, -0.1) is 0 Å². The number of likely N-dealkylation sites (tertiary alicyclic amines) is 1. The molecular weight excluding hydrogens is 270 g/mol. The minimum absolute atomic E-state index is 0.309. The Morgan fingerprint density at radius 2 is 2.14 bits per heavy atom. The normalized spacial score (nSPS) is 20.1. The summed E-state index contributed by atoms with van der Waals surface area (Å²) in [5.74, 6) is 0.593. The molecule has 0 spiro atoms. The molecule has 21 heavy (non-hydrogen) atoms. The third-order valence-corrected chi connectivity index (χ3v) is 3.99. The molecule has 1 aliphatic heterocycles. The average molecular weight is 296 g/mol. The molecule has 1 unspecified atom stereocenters. The summed E-state index contributed by atoms with van der Waals surface area (Å²) in [7, 11) is 0. The third-order valence-electron chi connectivity index (χ3n) is 3.99. The Labute approximate surface area is 126 Å². The minimum atomic E-state index is -0.362. The topological polar surface area (TPSA) is 15.3 Å². The van der Waals surface area contributed by atoms with Crippen LogP contribution in [0.4, 0.5) is 8.78 Å². The van der Waals surface area contributed by atoms with Crippen molar-refractivity contribution in [3.05, 3.63) is 35.4 Å². The monoisotopic (exact) mass is 296 g/mol. The maximum Gasteiger partial charge on any atom is 0.127 e. The zero-order chi connectivity index (χ0) is 15.2. The molecule has 4 heteroatoms. The van der Waals surface area contributed by atoms with Crippen molar-refractivity contribution < 1.29 is 8.78 Å². The van der Waals surface area contributed by atoms with Crippen LogP contribution in [0, 0.1) is 23.5 Å². The van der Waals surface area contributed by atoms with Gasteiger partial charge < -0.3 is 5.32 Å². The highest BCUT2D eigenvalue weighted by molar-refractivity contribution is 5.18. The summed E-state index contributed by atoms with van der Waals surface area (Å²) in [6.45, 7) is 8.89. The number of nitrogens with one attached hydrogen (secondary N) is 1. The van der Waals surface area contributed by atoms with Crippen LogP contribution in [0.1, 0.15) is 32.3 Å². The Hall–Kier alpha value is -1.00. The van der Waals surface area contributed by atoms with E-state index in [0.29, 0.717) is 23.9 Å². The first kappa shape index (κ1) is 16.4.